The second-order valence-corrected chi connectivity index (χ2v) is 5.96. The minimum atomic E-state index is -0.699. The highest BCUT2D eigenvalue weighted by molar-refractivity contribution is 5.74. The molecule has 5 nitrogen and oxygen atoms in total. The molecule has 0 amide bonds. The van der Waals surface area contributed by atoms with Gasteiger partial charge in [-0.2, -0.15) is 0 Å². The van der Waals surface area contributed by atoms with Crippen molar-refractivity contribution in [1.29, 1.82) is 0 Å². The first-order chi connectivity index (χ1) is 9.68. The van der Waals surface area contributed by atoms with Crippen molar-refractivity contribution in [2.75, 3.05) is 0 Å². The third kappa shape index (κ3) is 2.30. The highest BCUT2D eigenvalue weighted by atomic mass is 16.4. The van der Waals surface area contributed by atoms with E-state index >= 15 is 0 Å². The van der Waals surface area contributed by atoms with Crippen molar-refractivity contribution in [1.82, 2.24) is 14.9 Å². The van der Waals surface area contributed by atoms with Crippen molar-refractivity contribution in [3.8, 4) is 0 Å². The lowest BCUT2D eigenvalue weighted by atomic mass is 9.84. The van der Waals surface area contributed by atoms with E-state index < -0.39 is 5.97 Å². The summed E-state index contributed by atoms with van der Waals surface area (Å²) >= 11 is 0. The van der Waals surface area contributed by atoms with E-state index in [1.165, 1.54) is 12.8 Å². The summed E-state index contributed by atoms with van der Waals surface area (Å²) in [6, 6.07) is 0.0277. The van der Waals surface area contributed by atoms with Gasteiger partial charge in [0, 0.05) is 24.6 Å². The highest BCUT2D eigenvalue weighted by Gasteiger charge is 2.47. The molecule has 0 bridgehead atoms. The molecule has 0 aromatic carbocycles. The third-order valence-corrected chi connectivity index (χ3v) is 4.88. The Kier molecular flexibility index (Phi) is 3.70. The van der Waals surface area contributed by atoms with E-state index in [0.29, 0.717) is 12.0 Å². The van der Waals surface area contributed by atoms with Gasteiger partial charge >= 0.3 is 5.97 Å². The molecule has 1 aliphatic carbocycles. The summed E-state index contributed by atoms with van der Waals surface area (Å²) < 4.78 is 0. The number of hydrogen-bond donors (Lipinski definition) is 1. The van der Waals surface area contributed by atoms with Crippen molar-refractivity contribution in [3.63, 3.8) is 0 Å². The summed E-state index contributed by atoms with van der Waals surface area (Å²) in [6.07, 6.45) is 10.6. The molecule has 3 rings (SSSR count). The van der Waals surface area contributed by atoms with Crippen molar-refractivity contribution < 1.29 is 9.90 Å². The Bertz CT molecular complexity index is 479. The van der Waals surface area contributed by atoms with Crippen LogP contribution in [-0.2, 0) is 4.79 Å². The average Bonchev–Trinajstić information content (AvgIpc) is 2.87. The molecule has 2 aliphatic rings. The second kappa shape index (κ2) is 5.48. The van der Waals surface area contributed by atoms with Crippen LogP contribution in [-0.4, -0.2) is 38.0 Å². The van der Waals surface area contributed by atoms with Gasteiger partial charge in [-0.15, -0.1) is 0 Å². The molecule has 1 aromatic rings. The number of carboxylic acids is 1. The second-order valence-electron chi connectivity index (χ2n) is 5.96. The molecule has 1 N–H and O–H groups in total. The van der Waals surface area contributed by atoms with Crippen LogP contribution in [0.3, 0.4) is 0 Å². The molecule has 108 valence electrons. The maximum absolute atomic E-state index is 11.6. The fourth-order valence-corrected chi connectivity index (χ4v) is 3.96. The Hall–Kier alpha value is -1.49. The van der Waals surface area contributed by atoms with Crippen molar-refractivity contribution in [2.45, 2.75) is 57.2 Å². The van der Waals surface area contributed by atoms with Crippen LogP contribution in [0.2, 0.25) is 0 Å². The van der Waals surface area contributed by atoms with Gasteiger partial charge in [0.25, 0.3) is 0 Å². The van der Waals surface area contributed by atoms with Crippen LogP contribution >= 0.6 is 0 Å². The normalized spacial score (nSPS) is 31.8. The van der Waals surface area contributed by atoms with E-state index in [1.54, 1.807) is 18.6 Å². The number of hydrogen-bond acceptors (Lipinski definition) is 4. The molecule has 2 heterocycles. The van der Waals surface area contributed by atoms with Gasteiger partial charge in [-0.25, -0.2) is 0 Å². The van der Waals surface area contributed by atoms with Crippen LogP contribution < -0.4 is 0 Å². The summed E-state index contributed by atoms with van der Waals surface area (Å²) in [5.41, 5.74) is 0.866. The molecule has 0 spiro atoms. The van der Waals surface area contributed by atoms with Gasteiger partial charge in [-0.1, -0.05) is 12.8 Å². The van der Waals surface area contributed by atoms with Gasteiger partial charge in [0.1, 0.15) is 6.04 Å². The van der Waals surface area contributed by atoms with Crippen LogP contribution in [0.25, 0.3) is 0 Å². The summed E-state index contributed by atoms with van der Waals surface area (Å²) in [5, 5.41) is 9.55. The molecule has 4 atom stereocenters. The quantitative estimate of drug-likeness (QED) is 0.916. The van der Waals surface area contributed by atoms with E-state index in [1.807, 2.05) is 0 Å². The van der Waals surface area contributed by atoms with E-state index in [2.05, 4.69) is 21.8 Å². The summed E-state index contributed by atoms with van der Waals surface area (Å²) in [7, 11) is 0. The lowest BCUT2D eigenvalue weighted by molar-refractivity contribution is -0.143. The zero-order valence-corrected chi connectivity index (χ0v) is 11.8. The molecular weight excluding hydrogens is 254 g/mol. The molecule has 4 unspecified atom stereocenters. The van der Waals surface area contributed by atoms with Crippen molar-refractivity contribution in [3.05, 3.63) is 24.3 Å². The average molecular weight is 275 g/mol. The minimum Gasteiger partial charge on any atom is -0.480 e. The predicted octanol–water partition coefficient (Wildman–Crippen LogP) is 2.26. The highest BCUT2D eigenvalue weighted by Crippen LogP contribution is 2.43. The Labute approximate surface area is 119 Å². The summed E-state index contributed by atoms with van der Waals surface area (Å²) in [6.45, 7) is 2.05. The number of carbonyl (C=O) groups is 1. The number of aromatic nitrogens is 2. The standard InChI is InChI=1S/C15H21N3O2/c1-10(12-9-16-6-7-17-12)18-13-5-3-2-4-11(13)8-14(18)15(19)20/h6-7,9-11,13-14H,2-5,8H2,1H3,(H,19,20). The zero-order chi connectivity index (χ0) is 14.1. The first-order valence-electron chi connectivity index (χ1n) is 7.44. The van der Waals surface area contributed by atoms with E-state index in [0.717, 1.165) is 25.0 Å². The van der Waals surface area contributed by atoms with Gasteiger partial charge in [-0.3, -0.25) is 19.7 Å². The van der Waals surface area contributed by atoms with Gasteiger partial charge in [0.2, 0.25) is 0 Å². The Morgan fingerprint density at radius 2 is 2.20 bits per heavy atom. The molecule has 2 fully saturated rings. The number of fused-ring (bicyclic) bond motifs is 1. The van der Waals surface area contributed by atoms with Crippen LogP contribution in [0.15, 0.2) is 18.6 Å². The summed E-state index contributed by atoms with van der Waals surface area (Å²) in [4.78, 5) is 22.3. The van der Waals surface area contributed by atoms with Gasteiger partial charge in [-0.05, 0) is 32.1 Å². The first-order valence-corrected chi connectivity index (χ1v) is 7.44. The Morgan fingerprint density at radius 3 is 2.90 bits per heavy atom. The van der Waals surface area contributed by atoms with Gasteiger partial charge in [0.05, 0.1) is 11.7 Å². The van der Waals surface area contributed by atoms with E-state index in [9.17, 15) is 9.90 Å². The van der Waals surface area contributed by atoms with Gasteiger partial charge in [0.15, 0.2) is 0 Å². The van der Waals surface area contributed by atoms with Crippen LogP contribution in [0, 0.1) is 5.92 Å². The van der Waals surface area contributed by atoms with E-state index in [4.69, 9.17) is 0 Å². The molecular formula is C15H21N3O2. The van der Waals surface area contributed by atoms with Crippen LogP contribution in [0.4, 0.5) is 0 Å². The maximum atomic E-state index is 11.6. The Morgan fingerprint density at radius 1 is 1.40 bits per heavy atom. The number of likely N-dealkylation sites (tertiary alicyclic amines) is 1. The molecule has 20 heavy (non-hydrogen) atoms. The largest absolute Gasteiger partial charge is 0.480 e. The maximum Gasteiger partial charge on any atom is 0.320 e. The molecule has 0 radical (unpaired) electrons. The summed E-state index contributed by atoms with van der Waals surface area (Å²) in [5.74, 6) is -0.167. The van der Waals surface area contributed by atoms with Crippen molar-refractivity contribution in [2.24, 2.45) is 5.92 Å². The lowest BCUT2D eigenvalue weighted by Gasteiger charge is -2.36. The minimum absolute atomic E-state index is 0.0119. The number of nitrogens with zero attached hydrogens (tertiary/aromatic N) is 3. The molecule has 1 saturated heterocycles. The molecule has 1 saturated carbocycles. The number of rotatable bonds is 3. The third-order valence-electron chi connectivity index (χ3n) is 4.88. The molecule has 1 aliphatic heterocycles. The lowest BCUT2D eigenvalue weighted by Crippen LogP contribution is -2.44. The van der Waals surface area contributed by atoms with Gasteiger partial charge < -0.3 is 5.11 Å². The number of aliphatic carboxylic acids is 1. The Balaban J connectivity index is 1.89. The fourth-order valence-electron chi connectivity index (χ4n) is 3.96. The molecule has 5 heteroatoms. The van der Waals surface area contributed by atoms with E-state index in [-0.39, 0.29) is 12.1 Å². The van der Waals surface area contributed by atoms with Crippen LogP contribution in [0.1, 0.15) is 50.8 Å². The van der Waals surface area contributed by atoms with Crippen LogP contribution in [0.5, 0.6) is 0 Å². The topological polar surface area (TPSA) is 66.3 Å². The fraction of sp³-hybridized carbons (Fsp3) is 0.667. The smallest absolute Gasteiger partial charge is 0.320 e. The molecule has 1 aromatic heterocycles. The zero-order valence-electron chi connectivity index (χ0n) is 11.8. The number of carboxylic acid groups (broad SMARTS) is 1. The predicted molar refractivity (Wildman–Crippen MR) is 74.1 cm³/mol. The van der Waals surface area contributed by atoms with Crippen molar-refractivity contribution >= 4 is 5.97 Å². The SMILES string of the molecule is CC(c1cnccn1)N1C(C(=O)O)CC2CCCCC21. The monoisotopic (exact) mass is 275 g/mol. The first kappa shape index (κ1) is 13.5.